The van der Waals surface area contributed by atoms with E-state index < -0.39 is 0 Å². The van der Waals surface area contributed by atoms with Crippen molar-refractivity contribution < 1.29 is 0 Å². The fourth-order valence-corrected chi connectivity index (χ4v) is 3.83. The normalized spacial score (nSPS) is 33.7. The number of nitrogens with one attached hydrogen (secondary N) is 1. The minimum atomic E-state index is -0.265. The van der Waals surface area contributed by atoms with Gasteiger partial charge in [-0.2, -0.15) is 5.26 Å². The first-order chi connectivity index (χ1) is 9.63. The molecule has 3 aliphatic rings. The van der Waals surface area contributed by atoms with Gasteiger partial charge < -0.3 is 4.90 Å². The van der Waals surface area contributed by atoms with Gasteiger partial charge in [-0.3, -0.25) is 5.32 Å². The molecule has 0 aromatic heterocycles. The van der Waals surface area contributed by atoms with Gasteiger partial charge in [0.2, 0.25) is 0 Å². The van der Waals surface area contributed by atoms with Gasteiger partial charge >= 0.3 is 0 Å². The maximum absolute atomic E-state index is 9.81. The predicted molar refractivity (Wildman–Crippen MR) is 81.3 cm³/mol. The Labute approximate surface area is 123 Å². The smallest absolute Gasteiger partial charge is 0.122 e. The minimum absolute atomic E-state index is 0.265. The molecule has 0 saturated heterocycles. The van der Waals surface area contributed by atoms with Crippen molar-refractivity contribution in [2.24, 2.45) is 11.8 Å². The van der Waals surface area contributed by atoms with E-state index in [1.165, 1.54) is 51.4 Å². The van der Waals surface area contributed by atoms with E-state index in [1.54, 1.807) is 0 Å². The second-order valence-corrected chi connectivity index (χ2v) is 7.60. The number of hydrogen-bond acceptors (Lipinski definition) is 3. The Hall–Kier alpha value is -0.590. The van der Waals surface area contributed by atoms with Crippen LogP contribution in [0.3, 0.4) is 0 Å². The highest BCUT2D eigenvalue weighted by molar-refractivity contribution is 5.18. The van der Waals surface area contributed by atoms with Gasteiger partial charge in [-0.05, 0) is 70.3 Å². The van der Waals surface area contributed by atoms with Crippen molar-refractivity contribution >= 4 is 0 Å². The lowest BCUT2D eigenvalue weighted by Crippen LogP contribution is -2.56. The van der Waals surface area contributed by atoms with Crippen LogP contribution in [-0.4, -0.2) is 36.1 Å². The van der Waals surface area contributed by atoms with Crippen molar-refractivity contribution in [1.29, 1.82) is 5.26 Å². The van der Waals surface area contributed by atoms with E-state index in [-0.39, 0.29) is 5.54 Å². The molecule has 0 heterocycles. The molecular weight excluding hydrogens is 246 g/mol. The number of hydrogen-bond donors (Lipinski definition) is 1. The zero-order valence-electron chi connectivity index (χ0n) is 13.1. The second kappa shape index (κ2) is 5.66. The molecule has 1 N–H and O–H groups in total. The molecule has 0 aromatic carbocycles. The Morgan fingerprint density at radius 1 is 1.10 bits per heavy atom. The molecule has 0 radical (unpaired) electrons. The average molecular weight is 275 g/mol. The Balaban J connectivity index is 1.61. The number of nitrogens with zero attached hydrogens (tertiary/aromatic N) is 2. The van der Waals surface area contributed by atoms with Gasteiger partial charge in [0.05, 0.1) is 6.07 Å². The molecule has 3 heteroatoms. The summed E-state index contributed by atoms with van der Waals surface area (Å²) in [6.07, 6.45) is 10.3. The van der Waals surface area contributed by atoms with Crippen LogP contribution in [-0.2, 0) is 0 Å². The lowest BCUT2D eigenvalue weighted by Gasteiger charge is -2.39. The number of likely N-dealkylation sites (N-methyl/N-ethyl adjacent to an activating group) is 1. The summed E-state index contributed by atoms with van der Waals surface area (Å²) in [5, 5.41) is 13.5. The summed E-state index contributed by atoms with van der Waals surface area (Å²) in [7, 11) is 2.24. The van der Waals surface area contributed by atoms with E-state index in [4.69, 9.17) is 0 Å². The first kappa shape index (κ1) is 14.4. The van der Waals surface area contributed by atoms with Crippen LogP contribution in [0.5, 0.6) is 0 Å². The molecule has 3 fully saturated rings. The molecule has 0 aromatic rings. The average Bonchev–Trinajstić information content (AvgIpc) is 3.31. The molecule has 3 nitrogen and oxygen atoms in total. The first-order valence-electron chi connectivity index (χ1n) is 8.52. The minimum Gasteiger partial charge on any atom is -0.301 e. The predicted octanol–water partition coefficient (Wildman–Crippen LogP) is 2.92. The van der Waals surface area contributed by atoms with Gasteiger partial charge in [0.15, 0.2) is 0 Å². The summed E-state index contributed by atoms with van der Waals surface area (Å²) in [4.78, 5) is 2.49. The summed E-state index contributed by atoms with van der Waals surface area (Å²) < 4.78 is 0. The Kier molecular flexibility index (Phi) is 4.06. The first-order valence-corrected chi connectivity index (χ1v) is 8.52. The van der Waals surface area contributed by atoms with Gasteiger partial charge in [0.1, 0.15) is 5.54 Å². The van der Waals surface area contributed by atoms with Gasteiger partial charge in [-0.25, -0.2) is 0 Å². The summed E-state index contributed by atoms with van der Waals surface area (Å²) in [6, 6.07) is 3.99. The van der Waals surface area contributed by atoms with Crippen LogP contribution in [0.2, 0.25) is 0 Å². The molecule has 3 rings (SSSR count). The molecule has 1 atom stereocenters. The van der Waals surface area contributed by atoms with E-state index in [0.29, 0.717) is 18.0 Å². The maximum Gasteiger partial charge on any atom is 0.122 e. The van der Waals surface area contributed by atoms with Gasteiger partial charge in [0, 0.05) is 18.6 Å². The molecular formula is C17H29N3. The van der Waals surface area contributed by atoms with E-state index in [1.807, 2.05) is 0 Å². The molecule has 0 bridgehead atoms. The Morgan fingerprint density at radius 2 is 1.75 bits per heavy atom. The van der Waals surface area contributed by atoms with E-state index in [2.05, 4.69) is 30.3 Å². The van der Waals surface area contributed by atoms with Gasteiger partial charge in [0.25, 0.3) is 0 Å². The van der Waals surface area contributed by atoms with Crippen LogP contribution < -0.4 is 5.32 Å². The van der Waals surface area contributed by atoms with Gasteiger partial charge in [-0.15, -0.1) is 0 Å². The summed E-state index contributed by atoms with van der Waals surface area (Å²) in [5.41, 5.74) is -0.265. The van der Waals surface area contributed by atoms with Crippen molar-refractivity contribution in [3.05, 3.63) is 0 Å². The van der Waals surface area contributed by atoms with Gasteiger partial charge in [-0.1, -0.05) is 6.92 Å². The molecule has 0 spiro atoms. The molecule has 0 amide bonds. The third-order valence-corrected chi connectivity index (χ3v) is 5.62. The SMILES string of the molecule is CC1CCC(N(C)CC(C#N)(NC2CC2)C2CC2)CC1. The number of nitriles is 1. The summed E-state index contributed by atoms with van der Waals surface area (Å²) in [6.45, 7) is 3.29. The Morgan fingerprint density at radius 3 is 2.25 bits per heavy atom. The van der Waals surface area contributed by atoms with Crippen LogP contribution in [0.25, 0.3) is 0 Å². The van der Waals surface area contributed by atoms with Crippen molar-refractivity contribution in [3.8, 4) is 6.07 Å². The largest absolute Gasteiger partial charge is 0.301 e. The third-order valence-electron chi connectivity index (χ3n) is 5.62. The lowest BCUT2D eigenvalue weighted by atomic mass is 9.85. The van der Waals surface area contributed by atoms with Crippen molar-refractivity contribution in [3.63, 3.8) is 0 Å². The van der Waals surface area contributed by atoms with Crippen LogP contribution >= 0.6 is 0 Å². The molecule has 112 valence electrons. The van der Waals surface area contributed by atoms with Crippen LogP contribution in [0, 0.1) is 23.2 Å². The summed E-state index contributed by atoms with van der Waals surface area (Å²) >= 11 is 0. The fraction of sp³-hybridized carbons (Fsp3) is 0.941. The lowest BCUT2D eigenvalue weighted by molar-refractivity contribution is 0.133. The standard InChI is InChI=1S/C17H29N3/c1-13-3-9-16(10-4-13)20(2)12-17(11-18,14-5-6-14)19-15-7-8-15/h13-16,19H,3-10,12H2,1-2H3. The fourth-order valence-electron chi connectivity index (χ4n) is 3.83. The van der Waals surface area contributed by atoms with E-state index >= 15 is 0 Å². The molecule has 20 heavy (non-hydrogen) atoms. The zero-order valence-corrected chi connectivity index (χ0v) is 13.1. The molecule has 0 aliphatic heterocycles. The number of rotatable bonds is 6. The Bertz CT molecular complexity index is 372. The maximum atomic E-state index is 9.81. The van der Waals surface area contributed by atoms with Crippen molar-refractivity contribution in [1.82, 2.24) is 10.2 Å². The second-order valence-electron chi connectivity index (χ2n) is 7.60. The van der Waals surface area contributed by atoms with Crippen LogP contribution in [0.4, 0.5) is 0 Å². The quantitative estimate of drug-likeness (QED) is 0.810. The highest BCUT2D eigenvalue weighted by atomic mass is 15.2. The van der Waals surface area contributed by atoms with Crippen molar-refractivity contribution in [2.45, 2.75) is 75.9 Å². The van der Waals surface area contributed by atoms with E-state index in [0.717, 1.165) is 12.5 Å². The molecule has 3 aliphatic carbocycles. The van der Waals surface area contributed by atoms with Crippen LogP contribution in [0.1, 0.15) is 58.3 Å². The third kappa shape index (κ3) is 3.18. The molecule has 3 saturated carbocycles. The highest BCUT2D eigenvalue weighted by Crippen LogP contribution is 2.42. The summed E-state index contributed by atoms with van der Waals surface area (Å²) in [5.74, 6) is 1.49. The topological polar surface area (TPSA) is 39.1 Å². The highest BCUT2D eigenvalue weighted by Gasteiger charge is 2.49. The van der Waals surface area contributed by atoms with Crippen LogP contribution in [0.15, 0.2) is 0 Å². The van der Waals surface area contributed by atoms with Crippen molar-refractivity contribution in [2.75, 3.05) is 13.6 Å². The van der Waals surface area contributed by atoms with E-state index in [9.17, 15) is 5.26 Å². The monoisotopic (exact) mass is 275 g/mol. The zero-order chi connectivity index (χ0) is 14.2. The molecule has 1 unspecified atom stereocenters.